The molecule has 0 aliphatic rings. The monoisotopic (exact) mass is 413 g/mol. The van der Waals surface area contributed by atoms with Gasteiger partial charge in [-0.2, -0.15) is 0 Å². The van der Waals surface area contributed by atoms with Crippen LogP contribution in [0.2, 0.25) is 0 Å². The van der Waals surface area contributed by atoms with Gasteiger partial charge in [0.2, 0.25) is 5.91 Å². The molecule has 0 fully saturated rings. The van der Waals surface area contributed by atoms with E-state index < -0.39 is 5.97 Å². The number of aromatic nitrogens is 2. The molecule has 0 aliphatic carbocycles. The topological polar surface area (TPSA) is 94.3 Å². The predicted molar refractivity (Wildman–Crippen MR) is 110 cm³/mol. The molecule has 0 spiro atoms. The van der Waals surface area contributed by atoms with E-state index in [1.807, 2.05) is 45.0 Å². The van der Waals surface area contributed by atoms with E-state index >= 15 is 0 Å². The summed E-state index contributed by atoms with van der Waals surface area (Å²) in [5, 5.41) is 9.19. The summed E-state index contributed by atoms with van der Waals surface area (Å²) in [6, 6.07) is 7.59. The summed E-state index contributed by atoms with van der Waals surface area (Å²) in [6.45, 7) is 7.52. The van der Waals surface area contributed by atoms with Crippen molar-refractivity contribution in [3.05, 3.63) is 62.9 Å². The van der Waals surface area contributed by atoms with Gasteiger partial charge in [0.1, 0.15) is 17.2 Å². The first-order valence-electron chi connectivity index (χ1n) is 9.27. The molecule has 3 aromatic rings. The first-order chi connectivity index (χ1) is 13.8. The number of hydrogen-bond acceptors (Lipinski definition) is 7. The molecular weight excluding hydrogens is 390 g/mol. The van der Waals surface area contributed by atoms with Crippen LogP contribution >= 0.6 is 11.3 Å². The number of aryl methyl sites for hydroxylation is 2. The van der Waals surface area contributed by atoms with E-state index in [2.05, 4.69) is 15.5 Å². The second-order valence-corrected chi connectivity index (χ2v) is 7.95. The molecule has 152 valence electrons. The molecule has 0 bridgehead atoms. The lowest BCUT2D eigenvalue weighted by Crippen LogP contribution is -2.15. The molecule has 0 unspecified atom stereocenters. The minimum atomic E-state index is -0.487. The van der Waals surface area contributed by atoms with E-state index in [0.29, 0.717) is 27.7 Å². The van der Waals surface area contributed by atoms with E-state index in [4.69, 9.17) is 9.26 Å². The molecule has 1 N–H and O–H groups in total. The van der Waals surface area contributed by atoms with E-state index in [1.54, 1.807) is 12.3 Å². The van der Waals surface area contributed by atoms with Crippen molar-refractivity contribution in [2.45, 2.75) is 46.6 Å². The molecule has 0 saturated carbocycles. The first-order valence-corrected chi connectivity index (χ1v) is 10.1. The molecule has 8 heteroatoms. The van der Waals surface area contributed by atoms with Crippen molar-refractivity contribution in [2.75, 3.05) is 5.32 Å². The molecule has 2 aromatic heterocycles. The van der Waals surface area contributed by atoms with Gasteiger partial charge in [0, 0.05) is 17.0 Å². The van der Waals surface area contributed by atoms with Gasteiger partial charge in [-0.3, -0.25) is 4.79 Å². The van der Waals surface area contributed by atoms with Gasteiger partial charge in [-0.15, -0.1) is 11.3 Å². The van der Waals surface area contributed by atoms with Crippen LogP contribution in [0.15, 0.2) is 34.2 Å². The molecule has 1 amide bonds. The standard InChI is InChI=1S/C21H23N3O4S/c1-12(2)20-19(14(4)24-28-20)21(26)27-10-15-11-29-18(22-15)9-17(25)23-16-8-6-5-7-13(16)3/h5-8,11-12H,9-10H2,1-4H3,(H,23,25). The number of anilines is 1. The molecular formula is C21H23N3O4S. The van der Waals surface area contributed by atoms with Gasteiger partial charge >= 0.3 is 5.97 Å². The number of nitrogens with one attached hydrogen (secondary N) is 1. The second-order valence-electron chi connectivity index (χ2n) is 7.01. The zero-order chi connectivity index (χ0) is 21.0. The number of esters is 1. The summed E-state index contributed by atoms with van der Waals surface area (Å²) in [7, 11) is 0. The van der Waals surface area contributed by atoms with Gasteiger partial charge < -0.3 is 14.6 Å². The van der Waals surface area contributed by atoms with Crippen molar-refractivity contribution in [1.29, 1.82) is 0 Å². The van der Waals surface area contributed by atoms with Gasteiger partial charge in [-0.25, -0.2) is 9.78 Å². The number of carbonyl (C=O) groups is 2. The van der Waals surface area contributed by atoms with Crippen LogP contribution in [0.4, 0.5) is 5.69 Å². The van der Waals surface area contributed by atoms with Crippen LogP contribution in [0.1, 0.15) is 57.8 Å². The van der Waals surface area contributed by atoms with Crippen LogP contribution in [0.25, 0.3) is 0 Å². The highest BCUT2D eigenvalue weighted by molar-refractivity contribution is 7.09. The number of benzene rings is 1. The van der Waals surface area contributed by atoms with Crippen molar-refractivity contribution in [2.24, 2.45) is 0 Å². The average Bonchev–Trinajstić information content (AvgIpc) is 3.28. The quantitative estimate of drug-likeness (QED) is 0.577. The smallest absolute Gasteiger partial charge is 0.344 e. The molecule has 0 radical (unpaired) electrons. The zero-order valence-corrected chi connectivity index (χ0v) is 17.6. The third-order valence-corrected chi connectivity index (χ3v) is 5.20. The van der Waals surface area contributed by atoms with Gasteiger partial charge in [0.15, 0.2) is 5.76 Å². The van der Waals surface area contributed by atoms with E-state index in [9.17, 15) is 9.59 Å². The summed E-state index contributed by atoms with van der Waals surface area (Å²) in [4.78, 5) is 29.1. The number of ether oxygens (including phenoxy) is 1. The Kier molecular flexibility index (Phi) is 6.43. The van der Waals surface area contributed by atoms with Crippen molar-refractivity contribution >= 4 is 28.9 Å². The number of para-hydroxylation sites is 1. The Morgan fingerprint density at radius 1 is 1.24 bits per heavy atom. The fourth-order valence-corrected chi connectivity index (χ4v) is 3.56. The lowest BCUT2D eigenvalue weighted by atomic mass is 10.1. The minimum Gasteiger partial charge on any atom is -0.455 e. The van der Waals surface area contributed by atoms with Gasteiger partial charge in [0.05, 0.1) is 17.8 Å². The lowest BCUT2D eigenvalue weighted by molar-refractivity contribution is -0.115. The second kappa shape index (κ2) is 9.00. The maximum absolute atomic E-state index is 12.4. The maximum Gasteiger partial charge on any atom is 0.344 e. The summed E-state index contributed by atoms with van der Waals surface area (Å²) in [5.41, 5.74) is 3.26. The number of nitrogens with zero attached hydrogens (tertiary/aromatic N) is 2. The highest BCUT2D eigenvalue weighted by atomic mass is 32.1. The number of hydrogen-bond donors (Lipinski definition) is 1. The SMILES string of the molecule is Cc1ccccc1NC(=O)Cc1nc(COC(=O)c2c(C)noc2C(C)C)cs1. The minimum absolute atomic E-state index is 0.0244. The average molecular weight is 413 g/mol. The van der Waals surface area contributed by atoms with Crippen LogP contribution in [0.5, 0.6) is 0 Å². The first kappa shape index (κ1) is 20.7. The highest BCUT2D eigenvalue weighted by Gasteiger charge is 2.24. The Morgan fingerprint density at radius 3 is 2.72 bits per heavy atom. The van der Waals surface area contributed by atoms with Crippen molar-refractivity contribution in [3.63, 3.8) is 0 Å². The maximum atomic E-state index is 12.4. The molecule has 1 aromatic carbocycles. The molecule has 0 aliphatic heterocycles. The molecule has 7 nitrogen and oxygen atoms in total. The number of carbonyl (C=O) groups excluding carboxylic acids is 2. The third-order valence-electron chi connectivity index (χ3n) is 4.30. The molecule has 29 heavy (non-hydrogen) atoms. The van der Waals surface area contributed by atoms with Crippen LogP contribution in [0.3, 0.4) is 0 Å². The lowest BCUT2D eigenvalue weighted by Gasteiger charge is -2.07. The fraction of sp³-hybridized carbons (Fsp3) is 0.333. The van der Waals surface area contributed by atoms with Crippen molar-refractivity contribution in [1.82, 2.24) is 10.1 Å². The van der Waals surface area contributed by atoms with Gasteiger partial charge in [-0.1, -0.05) is 37.2 Å². The van der Waals surface area contributed by atoms with Gasteiger partial charge in [-0.05, 0) is 25.5 Å². The normalized spacial score (nSPS) is 10.9. The van der Waals surface area contributed by atoms with Crippen LogP contribution in [-0.2, 0) is 22.6 Å². The zero-order valence-electron chi connectivity index (χ0n) is 16.8. The fourth-order valence-electron chi connectivity index (χ4n) is 2.78. The molecule has 0 saturated heterocycles. The van der Waals surface area contributed by atoms with Crippen LogP contribution in [0, 0.1) is 13.8 Å². The van der Waals surface area contributed by atoms with Gasteiger partial charge in [0.25, 0.3) is 0 Å². The van der Waals surface area contributed by atoms with Crippen molar-refractivity contribution in [3.8, 4) is 0 Å². The van der Waals surface area contributed by atoms with Crippen molar-refractivity contribution < 1.29 is 18.8 Å². The Bertz CT molecular complexity index is 1020. The number of thiazole rings is 1. The largest absolute Gasteiger partial charge is 0.455 e. The number of amides is 1. The Morgan fingerprint density at radius 2 is 2.00 bits per heavy atom. The summed E-state index contributed by atoms with van der Waals surface area (Å²) >= 11 is 1.36. The third kappa shape index (κ3) is 5.08. The van der Waals surface area contributed by atoms with E-state index in [0.717, 1.165) is 11.3 Å². The Labute approximate surface area is 173 Å². The summed E-state index contributed by atoms with van der Waals surface area (Å²) in [6.07, 6.45) is 0.162. The van der Waals surface area contributed by atoms with Crippen LogP contribution in [-0.4, -0.2) is 22.0 Å². The Balaban J connectivity index is 1.57. The predicted octanol–water partition coefficient (Wildman–Crippen LogP) is 4.41. The Hall–Kier alpha value is -3.00. The summed E-state index contributed by atoms with van der Waals surface area (Å²) in [5.74, 6) is -0.0890. The number of rotatable bonds is 7. The van der Waals surface area contributed by atoms with E-state index in [-0.39, 0.29) is 24.9 Å². The van der Waals surface area contributed by atoms with Crippen LogP contribution < -0.4 is 5.32 Å². The molecule has 3 rings (SSSR count). The molecule has 2 heterocycles. The highest BCUT2D eigenvalue weighted by Crippen LogP contribution is 2.23. The summed E-state index contributed by atoms with van der Waals surface area (Å²) < 4.78 is 10.6. The molecule has 0 atom stereocenters. The van der Waals surface area contributed by atoms with E-state index in [1.165, 1.54) is 11.3 Å².